The summed E-state index contributed by atoms with van der Waals surface area (Å²) in [4.78, 5) is 18.9. The molecule has 1 aromatic carbocycles. The predicted octanol–water partition coefficient (Wildman–Crippen LogP) is 3.36. The molecule has 4 heteroatoms. The van der Waals surface area contributed by atoms with Gasteiger partial charge in [-0.1, -0.05) is 6.07 Å². The lowest BCUT2D eigenvalue weighted by Crippen LogP contribution is -1.96. The molecule has 1 aromatic heterocycles. The molecule has 2 aromatic rings. The lowest BCUT2D eigenvalue weighted by molar-refractivity contribution is 0.109. The van der Waals surface area contributed by atoms with Gasteiger partial charge in [-0.25, -0.2) is 4.98 Å². The van der Waals surface area contributed by atoms with E-state index in [9.17, 15) is 4.79 Å². The van der Waals surface area contributed by atoms with Crippen LogP contribution in [0.15, 0.2) is 18.3 Å². The number of rotatable bonds is 3. The molecule has 1 aliphatic heterocycles. The maximum absolute atomic E-state index is 11.1. The number of aromatic nitrogens is 2. The molecule has 0 bridgehead atoms. The molecule has 2 heterocycles. The summed E-state index contributed by atoms with van der Waals surface area (Å²) in [5, 5.41) is 0. The molecule has 1 atom stereocenters. The zero-order chi connectivity index (χ0) is 14.1. The van der Waals surface area contributed by atoms with Crippen LogP contribution in [0.4, 0.5) is 0 Å². The van der Waals surface area contributed by atoms with Gasteiger partial charge in [-0.3, -0.25) is 4.79 Å². The van der Waals surface area contributed by atoms with Crippen LogP contribution in [0.2, 0.25) is 0 Å². The maximum Gasteiger partial charge on any atom is 0.150 e. The van der Waals surface area contributed by atoms with Crippen molar-refractivity contribution in [1.29, 1.82) is 0 Å². The fourth-order valence-electron chi connectivity index (χ4n) is 2.71. The van der Waals surface area contributed by atoms with Gasteiger partial charge in [-0.05, 0) is 43.9 Å². The van der Waals surface area contributed by atoms with E-state index < -0.39 is 0 Å². The van der Waals surface area contributed by atoms with Crippen molar-refractivity contribution in [2.75, 3.05) is 6.61 Å². The number of carbonyl (C=O) groups excluding carboxylic acids is 1. The summed E-state index contributed by atoms with van der Waals surface area (Å²) in [6.45, 7) is 4.80. The largest absolute Gasteiger partial charge is 0.372 e. The lowest BCUT2D eigenvalue weighted by atomic mass is 10.0. The number of hydrogen-bond acceptors (Lipinski definition) is 3. The van der Waals surface area contributed by atoms with Crippen LogP contribution in [0.25, 0.3) is 11.4 Å². The standard InChI is InChI=1S/C16H18N2O2/c1-10-6-11(2)13(7-12(10)9-19)16-17-8-14(18-16)15-4-3-5-20-15/h6-9,15H,3-5H2,1-2H3,(H,17,18)/t15-/m0/s1. The Kier molecular flexibility index (Phi) is 3.40. The summed E-state index contributed by atoms with van der Waals surface area (Å²) in [6.07, 6.45) is 4.99. The Balaban J connectivity index is 1.98. The zero-order valence-electron chi connectivity index (χ0n) is 11.8. The Labute approximate surface area is 118 Å². The molecule has 0 spiro atoms. The van der Waals surface area contributed by atoms with E-state index in [-0.39, 0.29) is 6.10 Å². The van der Waals surface area contributed by atoms with Gasteiger partial charge in [0.2, 0.25) is 0 Å². The monoisotopic (exact) mass is 270 g/mol. The van der Waals surface area contributed by atoms with E-state index in [4.69, 9.17) is 4.74 Å². The molecule has 1 fully saturated rings. The molecular weight excluding hydrogens is 252 g/mol. The molecule has 20 heavy (non-hydrogen) atoms. The highest BCUT2D eigenvalue weighted by molar-refractivity contribution is 5.81. The molecule has 1 saturated heterocycles. The SMILES string of the molecule is Cc1cc(C)c(-c2ncc([C@@H]3CCCO3)[nH]2)cc1C=O. The van der Waals surface area contributed by atoms with Gasteiger partial charge in [0.1, 0.15) is 12.1 Å². The van der Waals surface area contributed by atoms with Crippen LogP contribution in [-0.4, -0.2) is 22.9 Å². The number of nitrogens with zero attached hydrogens (tertiary/aromatic N) is 1. The van der Waals surface area contributed by atoms with Gasteiger partial charge in [-0.15, -0.1) is 0 Å². The number of hydrogen-bond donors (Lipinski definition) is 1. The molecule has 1 aliphatic rings. The number of aldehydes is 1. The van der Waals surface area contributed by atoms with Gasteiger partial charge in [0.25, 0.3) is 0 Å². The van der Waals surface area contributed by atoms with Crippen LogP contribution in [0.5, 0.6) is 0 Å². The summed E-state index contributed by atoms with van der Waals surface area (Å²) in [5.74, 6) is 0.802. The van der Waals surface area contributed by atoms with Crippen LogP contribution < -0.4 is 0 Å². The predicted molar refractivity (Wildman–Crippen MR) is 76.8 cm³/mol. The van der Waals surface area contributed by atoms with Crippen molar-refractivity contribution in [3.05, 3.63) is 40.7 Å². The zero-order valence-corrected chi connectivity index (χ0v) is 11.8. The topological polar surface area (TPSA) is 55.0 Å². The van der Waals surface area contributed by atoms with Crippen LogP contribution in [-0.2, 0) is 4.74 Å². The van der Waals surface area contributed by atoms with Crippen LogP contribution in [0.1, 0.15) is 46.1 Å². The van der Waals surface area contributed by atoms with Gasteiger partial charge in [0.05, 0.1) is 18.0 Å². The summed E-state index contributed by atoms with van der Waals surface area (Å²) in [6, 6.07) is 3.92. The minimum Gasteiger partial charge on any atom is -0.372 e. The van der Waals surface area contributed by atoms with E-state index >= 15 is 0 Å². The van der Waals surface area contributed by atoms with Gasteiger partial charge < -0.3 is 9.72 Å². The number of benzene rings is 1. The Morgan fingerprint density at radius 1 is 1.35 bits per heavy atom. The van der Waals surface area contributed by atoms with Crippen molar-refractivity contribution in [1.82, 2.24) is 9.97 Å². The molecule has 3 rings (SSSR count). The first-order chi connectivity index (χ1) is 9.69. The van der Waals surface area contributed by atoms with E-state index in [1.807, 2.05) is 32.2 Å². The molecule has 0 aliphatic carbocycles. The van der Waals surface area contributed by atoms with Gasteiger partial charge in [0.15, 0.2) is 0 Å². The smallest absolute Gasteiger partial charge is 0.150 e. The summed E-state index contributed by atoms with van der Waals surface area (Å²) < 4.78 is 5.66. The highest BCUT2D eigenvalue weighted by atomic mass is 16.5. The highest BCUT2D eigenvalue weighted by Crippen LogP contribution is 2.30. The quantitative estimate of drug-likeness (QED) is 0.870. The Morgan fingerprint density at radius 3 is 2.90 bits per heavy atom. The molecule has 4 nitrogen and oxygen atoms in total. The summed E-state index contributed by atoms with van der Waals surface area (Å²) in [7, 11) is 0. The van der Waals surface area contributed by atoms with E-state index in [0.29, 0.717) is 5.56 Å². The van der Waals surface area contributed by atoms with Crippen LogP contribution >= 0.6 is 0 Å². The Morgan fingerprint density at radius 2 is 2.20 bits per heavy atom. The molecular formula is C16H18N2O2. The van der Waals surface area contributed by atoms with Gasteiger partial charge in [-0.2, -0.15) is 0 Å². The van der Waals surface area contributed by atoms with Crippen molar-refractivity contribution >= 4 is 6.29 Å². The summed E-state index contributed by atoms with van der Waals surface area (Å²) >= 11 is 0. The molecule has 0 amide bonds. The summed E-state index contributed by atoms with van der Waals surface area (Å²) in [5.41, 5.74) is 4.81. The van der Waals surface area contributed by atoms with Gasteiger partial charge in [0, 0.05) is 17.7 Å². The number of H-pyrrole nitrogens is 1. The second kappa shape index (κ2) is 5.21. The minimum absolute atomic E-state index is 0.132. The van der Waals surface area contributed by atoms with Crippen molar-refractivity contribution < 1.29 is 9.53 Å². The fraction of sp³-hybridized carbons (Fsp3) is 0.375. The number of aromatic amines is 1. The van der Waals surface area contributed by atoms with Crippen molar-refractivity contribution in [3.8, 4) is 11.4 Å². The normalized spacial score (nSPS) is 18.4. The number of carbonyl (C=O) groups is 1. The average molecular weight is 270 g/mol. The molecule has 0 unspecified atom stereocenters. The van der Waals surface area contributed by atoms with Crippen LogP contribution in [0.3, 0.4) is 0 Å². The first-order valence-electron chi connectivity index (χ1n) is 6.92. The number of imidazole rings is 1. The van der Waals surface area contributed by atoms with Crippen molar-refractivity contribution in [2.24, 2.45) is 0 Å². The second-order valence-corrected chi connectivity index (χ2v) is 5.33. The second-order valence-electron chi connectivity index (χ2n) is 5.33. The maximum atomic E-state index is 11.1. The molecule has 104 valence electrons. The highest BCUT2D eigenvalue weighted by Gasteiger charge is 2.20. The van der Waals surface area contributed by atoms with E-state index in [2.05, 4.69) is 9.97 Å². The third-order valence-electron chi connectivity index (χ3n) is 3.87. The van der Waals surface area contributed by atoms with Crippen LogP contribution in [0, 0.1) is 13.8 Å². The molecule has 1 N–H and O–H groups in total. The third-order valence-corrected chi connectivity index (χ3v) is 3.87. The van der Waals surface area contributed by atoms with E-state index in [1.165, 1.54) is 0 Å². The third kappa shape index (κ3) is 2.27. The van der Waals surface area contributed by atoms with E-state index in [1.54, 1.807) is 0 Å². The first-order valence-corrected chi connectivity index (χ1v) is 6.92. The lowest BCUT2D eigenvalue weighted by Gasteiger charge is -2.08. The average Bonchev–Trinajstić information content (AvgIpc) is 3.09. The Bertz CT molecular complexity index is 640. The minimum atomic E-state index is 0.132. The number of ether oxygens (including phenoxy) is 1. The molecule has 0 radical (unpaired) electrons. The molecule has 0 saturated carbocycles. The van der Waals surface area contributed by atoms with Crippen molar-refractivity contribution in [2.45, 2.75) is 32.8 Å². The van der Waals surface area contributed by atoms with Crippen molar-refractivity contribution in [3.63, 3.8) is 0 Å². The van der Waals surface area contributed by atoms with Gasteiger partial charge >= 0.3 is 0 Å². The number of nitrogens with one attached hydrogen (secondary N) is 1. The fourth-order valence-corrected chi connectivity index (χ4v) is 2.71. The van der Waals surface area contributed by atoms with E-state index in [0.717, 1.165) is 53.9 Å². The number of aryl methyl sites for hydroxylation is 2. The first kappa shape index (κ1) is 13.1. The Hall–Kier alpha value is -1.94.